The van der Waals surface area contributed by atoms with E-state index in [4.69, 9.17) is 16.3 Å². The molecular formula is C17H17ClN2O4. The second-order valence-corrected chi connectivity index (χ2v) is 5.90. The standard InChI is InChI=1S/C17H17ClN2O4/c1-10(21)24-9-11-3-2-4-13(7-11)20-15-8-12(18)5-6-14(15)16(22)19-17(20)23/h2-8,16-17,19,22-23H,9H2,1H3. The highest BCUT2D eigenvalue weighted by Crippen LogP contribution is 2.38. The lowest BCUT2D eigenvalue weighted by atomic mass is 10.1. The summed E-state index contributed by atoms with van der Waals surface area (Å²) in [7, 11) is 0. The number of esters is 1. The van der Waals surface area contributed by atoms with Gasteiger partial charge in [-0.2, -0.15) is 0 Å². The number of aliphatic hydroxyl groups is 2. The van der Waals surface area contributed by atoms with Crippen molar-refractivity contribution in [2.75, 3.05) is 4.90 Å². The van der Waals surface area contributed by atoms with Gasteiger partial charge in [-0.1, -0.05) is 29.8 Å². The van der Waals surface area contributed by atoms with E-state index in [2.05, 4.69) is 5.32 Å². The number of anilines is 2. The van der Waals surface area contributed by atoms with Gasteiger partial charge in [0.25, 0.3) is 0 Å². The molecule has 7 heteroatoms. The van der Waals surface area contributed by atoms with E-state index in [1.807, 2.05) is 12.1 Å². The topological polar surface area (TPSA) is 82.0 Å². The first-order valence-electron chi connectivity index (χ1n) is 7.39. The van der Waals surface area contributed by atoms with E-state index in [0.29, 0.717) is 22.0 Å². The van der Waals surface area contributed by atoms with Crippen LogP contribution in [0.5, 0.6) is 0 Å². The molecule has 2 unspecified atom stereocenters. The Bertz CT molecular complexity index is 768. The summed E-state index contributed by atoms with van der Waals surface area (Å²) in [4.78, 5) is 12.6. The number of fused-ring (bicyclic) bond motifs is 1. The second kappa shape index (κ2) is 6.78. The Balaban J connectivity index is 1.99. The number of hydrogen-bond acceptors (Lipinski definition) is 6. The first-order valence-corrected chi connectivity index (χ1v) is 7.76. The Morgan fingerprint density at radius 3 is 2.83 bits per heavy atom. The summed E-state index contributed by atoms with van der Waals surface area (Å²) in [6.45, 7) is 1.49. The van der Waals surface area contributed by atoms with E-state index in [9.17, 15) is 15.0 Å². The summed E-state index contributed by atoms with van der Waals surface area (Å²) >= 11 is 6.07. The van der Waals surface area contributed by atoms with E-state index < -0.39 is 12.6 Å². The molecule has 3 rings (SSSR count). The van der Waals surface area contributed by atoms with Gasteiger partial charge in [0.15, 0.2) is 6.35 Å². The van der Waals surface area contributed by atoms with Crippen LogP contribution in [0.15, 0.2) is 42.5 Å². The normalized spacial score (nSPS) is 19.8. The van der Waals surface area contributed by atoms with Gasteiger partial charge in [0.2, 0.25) is 0 Å². The number of benzene rings is 2. The predicted octanol–water partition coefficient (Wildman–Crippen LogP) is 2.41. The van der Waals surface area contributed by atoms with Crippen molar-refractivity contribution in [1.82, 2.24) is 5.32 Å². The van der Waals surface area contributed by atoms with Gasteiger partial charge < -0.3 is 19.8 Å². The molecule has 24 heavy (non-hydrogen) atoms. The summed E-state index contributed by atoms with van der Waals surface area (Å²) in [5.74, 6) is -0.361. The zero-order chi connectivity index (χ0) is 17.3. The van der Waals surface area contributed by atoms with E-state index in [-0.39, 0.29) is 12.6 Å². The Hall–Kier alpha value is -2.12. The first-order chi connectivity index (χ1) is 11.5. The van der Waals surface area contributed by atoms with Crippen LogP contribution in [-0.4, -0.2) is 22.5 Å². The fraction of sp³-hybridized carbons (Fsp3) is 0.235. The van der Waals surface area contributed by atoms with Crippen molar-refractivity contribution in [2.45, 2.75) is 26.1 Å². The quantitative estimate of drug-likeness (QED) is 0.739. The van der Waals surface area contributed by atoms with Crippen LogP contribution < -0.4 is 10.2 Å². The lowest BCUT2D eigenvalue weighted by molar-refractivity contribution is -0.142. The molecule has 0 saturated heterocycles. The molecule has 1 heterocycles. The molecule has 0 aliphatic carbocycles. The van der Waals surface area contributed by atoms with Gasteiger partial charge in [0, 0.05) is 23.2 Å². The van der Waals surface area contributed by atoms with Crippen molar-refractivity contribution in [3.63, 3.8) is 0 Å². The zero-order valence-electron chi connectivity index (χ0n) is 12.9. The minimum absolute atomic E-state index is 0.144. The molecule has 0 amide bonds. The van der Waals surface area contributed by atoms with Crippen LogP contribution >= 0.6 is 11.6 Å². The Kier molecular flexibility index (Phi) is 4.73. The molecule has 2 aromatic rings. The van der Waals surface area contributed by atoms with Gasteiger partial charge >= 0.3 is 5.97 Å². The number of carbonyl (C=O) groups is 1. The van der Waals surface area contributed by atoms with Gasteiger partial charge in [-0.05, 0) is 29.8 Å². The minimum Gasteiger partial charge on any atom is -0.461 e. The van der Waals surface area contributed by atoms with Gasteiger partial charge in [0.1, 0.15) is 12.8 Å². The third-order valence-corrected chi connectivity index (χ3v) is 3.96. The maximum Gasteiger partial charge on any atom is 0.302 e. The highest BCUT2D eigenvalue weighted by Gasteiger charge is 2.31. The van der Waals surface area contributed by atoms with Crippen molar-refractivity contribution in [2.24, 2.45) is 0 Å². The lowest BCUT2D eigenvalue weighted by Gasteiger charge is -2.38. The summed E-state index contributed by atoms with van der Waals surface area (Å²) in [6, 6.07) is 12.3. The smallest absolute Gasteiger partial charge is 0.302 e. The van der Waals surface area contributed by atoms with Crippen LogP contribution in [0.2, 0.25) is 5.02 Å². The van der Waals surface area contributed by atoms with Crippen LogP contribution in [0.3, 0.4) is 0 Å². The summed E-state index contributed by atoms with van der Waals surface area (Å²) in [6.07, 6.45) is -2.12. The second-order valence-electron chi connectivity index (χ2n) is 5.47. The number of ether oxygens (including phenoxy) is 1. The van der Waals surface area contributed by atoms with Crippen molar-refractivity contribution in [1.29, 1.82) is 0 Å². The van der Waals surface area contributed by atoms with Crippen molar-refractivity contribution < 1.29 is 19.7 Å². The average Bonchev–Trinajstić information content (AvgIpc) is 2.53. The molecule has 6 nitrogen and oxygen atoms in total. The van der Waals surface area contributed by atoms with E-state index in [1.54, 1.807) is 35.2 Å². The van der Waals surface area contributed by atoms with Crippen LogP contribution in [0.1, 0.15) is 24.3 Å². The van der Waals surface area contributed by atoms with Crippen molar-refractivity contribution in [3.8, 4) is 0 Å². The number of nitrogens with one attached hydrogen (secondary N) is 1. The van der Waals surface area contributed by atoms with Gasteiger partial charge in [-0.3, -0.25) is 4.79 Å². The molecule has 0 aromatic heterocycles. The number of rotatable bonds is 3. The first kappa shape index (κ1) is 16.7. The van der Waals surface area contributed by atoms with E-state index >= 15 is 0 Å². The predicted molar refractivity (Wildman–Crippen MR) is 89.6 cm³/mol. The van der Waals surface area contributed by atoms with Crippen molar-refractivity contribution >= 4 is 28.9 Å². The molecule has 126 valence electrons. The largest absolute Gasteiger partial charge is 0.461 e. The van der Waals surface area contributed by atoms with Gasteiger partial charge in [0.05, 0.1) is 5.69 Å². The Morgan fingerprint density at radius 1 is 1.29 bits per heavy atom. The molecule has 0 bridgehead atoms. The monoisotopic (exact) mass is 348 g/mol. The molecule has 0 radical (unpaired) electrons. The molecule has 2 aromatic carbocycles. The van der Waals surface area contributed by atoms with Gasteiger partial charge in [-0.25, -0.2) is 5.32 Å². The summed E-state index contributed by atoms with van der Waals surface area (Å²) < 4.78 is 5.01. The fourth-order valence-corrected chi connectivity index (χ4v) is 2.82. The number of hydrogen-bond donors (Lipinski definition) is 3. The highest BCUT2D eigenvalue weighted by molar-refractivity contribution is 6.30. The molecule has 0 fully saturated rings. The molecule has 0 saturated carbocycles. The number of halogens is 1. The molecule has 0 spiro atoms. The third-order valence-electron chi connectivity index (χ3n) is 3.73. The van der Waals surface area contributed by atoms with Crippen LogP contribution in [0.4, 0.5) is 11.4 Å². The lowest BCUT2D eigenvalue weighted by Crippen LogP contribution is -2.49. The molecule has 1 aliphatic rings. The number of carbonyl (C=O) groups excluding carboxylic acids is 1. The van der Waals surface area contributed by atoms with Crippen LogP contribution in [0.25, 0.3) is 0 Å². The molecule has 2 atom stereocenters. The van der Waals surface area contributed by atoms with Crippen LogP contribution in [0, 0.1) is 0 Å². The Morgan fingerprint density at radius 2 is 2.08 bits per heavy atom. The zero-order valence-corrected chi connectivity index (χ0v) is 13.7. The number of aliphatic hydroxyl groups excluding tert-OH is 2. The van der Waals surface area contributed by atoms with E-state index in [1.165, 1.54) is 6.92 Å². The molecule has 3 N–H and O–H groups in total. The summed E-state index contributed by atoms with van der Waals surface area (Å²) in [5.41, 5.74) is 2.67. The van der Waals surface area contributed by atoms with E-state index in [0.717, 1.165) is 5.56 Å². The van der Waals surface area contributed by atoms with Crippen molar-refractivity contribution in [3.05, 3.63) is 58.6 Å². The molecule has 1 aliphatic heterocycles. The van der Waals surface area contributed by atoms with Crippen LogP contribution in [-0.2, 0) is 16.1 Å². The maximum absolute atomic E-state index is 11.0. The molecular weight excluding hydrogens is 332 g/mol. The SMILES string of the molecule is CC(=O)OCc1cccc(N2c3cc(Cl)ccc3C(O)NC2O)c1. The average molecular weight is 349 g/mol. The number of nitrogens with zero attached hydrogens (tertiary/aromatic N) is 1. The Labute approximate surface area is 144 Å². The third kappa shape index (κ3) is 3.37. The summed E-state index contributed by atoms with van der Waals surface area (Å²) in [5, 5.41) is 23.6. The maximum atomic E-state index is 11.0. The van der Waals surface area contributed by atoms with Gasteiger partial charge in [-0.15, -0.1) is 0 Å². The highest BCUT2D eigenvalue weighted by atomic mass is 35.5. The minimum atomic E-state index is -1.13. The fourth-order valence-electron chi connectivity index (χ4n) is 2.66.